The molecule has 1 aliphatic carbocycles. The van der Waals surface area contributed by atoms with Crippen molar-refractivity contribution in [2.24, 2.45) is 4.36 Å². The van der Waals surface area contributed by atoms with Gasteiger partial charge in [-0.1, -0.05) is 35.9 Å². The molecule has 2 N–H and O–H groups in total. The quantitative estimate of drug-likeness (QED) is 0.371. The first-order chi connectivity index (χ1) is 18.1. The molecule has 1 fully saturated rings. The highest BCUT2D eigenvalue weighted by Gasteiger charge is 2.41. The number of rotatable bonds is 5. The SMILES string of the molecule is CN=S(=O)(NC1CCCC(N2c3ccccc3Oc3ccccc32)C1O)c1ccc(OC(F)(F)F)c(Cl)c1. The summed E-state index contributed by atoms with van der Waals surface area (Å²) in [5.74, 6) is 0.719. The second kappa shape index (κ2) is 10.3. The zero-order valence-corrected chi connectivity index (χ0v) is 21.8. The second-order valence-electron chi connectivity index (χ2n) is 8.97. The number of nitrogens with zero attached hydrogens (tertiary/aromatic N) is 2. The Bertz CT molecular complexity index is 1420. The highest BCUT2D eigenvalue weighted by atomic mass is 35.5. The first-order valence-corrected chi connectivity index (χ1v) is 13.8. The summed E-state index contributed by atoms with van der Waals surface area (Å²) in [6, 6.07) is 17.5. The number of nitrogens with one attached hydrogen (secondary N) is 1. The Morgan fingerprint density at radius 2 is 1.71 bits per heavy atom. The Morgan fingerprint density at radius 3 is 2.29 bits per heavy atom. The molecule has 1 heterocycles. The molecular weight excluding hydrogens is 543 g/mol. The van der Waals surface area contributed by atoms with Crippen molar-refractivity contribution in [3.05, 3.63) is 71.8 Å². The average Bonchev–Trinajstić information content (AvgIpc) is 2.89. The number of halogens is 4. The van der Waals surface area contributed by atoms with E-state index in [0.717, 1.165) is 29.9 Å². The fourth-order valence-electron chi connectivity index (χ4n) is 4.95. The fourth-order valence-corrected chi connectivity index (χ4v) is 6.88. The highest BCUT2D eigenvalue weighted by Crippen LogP contribution is 2.49. The van der Waals surface area contributed by atoms with Gasteiger partial charge in [0.05, 0.1) is 33.4 Å². The summed E-state index contributed by atoms with van der Waals surface area (Å²) < 4.78 is 68.8. The number of benzene rings is 3. The molecule has 0 spiro atoms. The van der Waals surface area contributed by atoms with E-state index in [1.165, 1.54) is 13.1 Å². The van der Waals surface area contributed by atoms with Gasteiger partial charge in [-0.25, -0.2) is 13.3 Å². The van der Waals surface area contributed by atoms with Crippen LogP contribution >= 0.6 is 11.6 Å². The number of ether oxygens (including phenoxy) is 2. The van der Waals surface area contributed by atoms with Crippen LogP contribution in [-0.2, 0) is 9.92 Å². The molecule has 12 heteroatoms. The maximum absolute atomic E-state index is 13.9. The number of aliphatic hydroxyl groups is 1. The predicted octanol–water partition coefficient (Wildman–Crippen LogP) is 6.43. The van der Waals surface area contributed by atoms with Gasteiger partial charge in [-0.05, 0) is 61.7 Å². The van der Waals surface area contributed by atoms with E-state index in [1.54, 1.807) is 0 Å². The van der Waals surface area contributed by atoms with Crippen LogP contribution in [0.25, 0.3) is 0 Å². The van der Waals surface area contributed by atoms with Gasteiger partial charge in [0.1, 0.15) is 15.7 Å². The van der Waals surface area contributed by atoms with Gasteiger partial charge in [0.2, 0.25) is 0 Å². The molecule has 0 aromatic heterocycles. The first-order valence-electron chi connectivity index (χ1n) is 11.9. The standard InChI is InChI=1S/C26H25ClF3N3O4S/c1-31-38(35,16-13-14-22(17(27)15-16)37-26(28,29)30)32-18-7-6-10-21(25(18)34)33-19-8-2-4-11-23(19)36-24-12-5-3-9-20(24)33/h2-5,8-9,11-15,18,21,25,34H,6-7,10H2,1H3,(H,31,32,35). The van der Waals surface area contributed by atoms with Crippen LogP contribution in [0.15, 0.2) is 76.0 Å². The van der Waals surface area contributed by atoms with Gasteiger partial charge in [0.15, 0.2) is 11.5 Å². The number of hydrogen-bond donors (Lipinski definition) is 2. The third-order valence-corrected chi connectivity index (χ3v) is 8.96. The van der Waals surface area contributed by atoms with Crippen LogP contribution in [0.5, 0.6) is 17.2 Å². The smallest absolute Gasteiger partial charge is 0.453 e. The molecule has 4 unspecified atom stereocenters. The van der Waals surface area contributed by atoms with Crippen molar-refractivity contribution in [2.45, 2.75) is 48.7 Å². The van der Waals surface area contributed by atoms with Gasteiger partial charge in [-0.15, -0.1) is 13.2 Å². The normalized spacial score (nSPS) is 22.5. The van der Waals surface area contributed by atoms with Crippen LogP contribution in [0.4, 0.5) is 24.5 Å². The number of fused-ring (bicyclic) bond motifs is 2. The van der Waals surface area contributed by atoms with Crippen molar-refractivity contribution in [1.29, 1.82) is 0 Å². The fraction of sp³-hybridized carbons (Fsp3) is 0.308. The van der Waals surface area contributed by atoms with Gasteiger partial charge in [-0.3, -0.25) is 0 Å². The van der Waals surface area contributed by atoms with Crippen LogP contribution < -0.4 is 19.1 Å². The van der Waals surface area contributed by atoms with Gasteiger partial charge in [0, 0.05) is 13.1 Å². The molecule has 0 radical (unpaired) electrons. The summed E-state index contributed by atoms with van der Waals surface area (Å²) in [6.07, 6.45) is -3.98. The minimum absolute atomic E-state index is 0.0795. The van der Waals surface area contributed by atoms with Crippen molar-refractivity contribution in [2.75, 3.05) is 11.9 Å². The Balaban J connectivity index is 1.44. The van der Waals surface area contributed by atoms with Gasteiger partial charge in [-0.2, -0.15) is 0 Å². The van der Waals surface area contributed by atoms with Crippen molar-refractivity contribution in [3.8, 4) is 17.2 Å². The van der Waals surface area contributed by atoms with E-state index >= 15 is 0 Å². The molecule has 1 aliphatic heterocycles. The Kier molecular flexibility index (Phi) is 7.21. The molecule has 3 aromatic rings. The summed E-state index contributed by atoms with van der Waals surface area (Å²) in [5.41, 5.74) is 1.62. The zero-order chi connectivity index (χ0) is 27.1. The molecule has 1 saturated carbocycles. The zero-order valence-electron chi connectivity index (χ0n) is 20.2. The number of para-hydroxylation sites is 4. The minimum Gasteiger partial charge on any atom is -0.453 e. The summed E-state index contributed by atoms with van der Waals surface area (Å²) in [6.45, 7) is 0. The van der Waals surface area contributed by atoms with Gasteiger partial charge in [0.25, 0.3) is 0 Å². The van der Waals surface area contributed by atoms with Crippen molar-refractivity contribution < 1.29 is 32.0 Å². The topological polar surface area (TPSA) is 83.4 Å². The average molecular weight is 568 g/mol. The molecule has 0 amide bonds. The molecule has 38 heavy (non-hydrogen) atoms. The largest absolute Gasteiger partial charge is 0.573 e. The lowest BCUT2D eigenvalue weighted by molar-refractivity contribution is -0.274. The molecule has 0 bridgehead atoms. The lowest BCUT2D eigenvalue weighted by Gasteiger charge is -2.45. The van der Waals surface area contributed by atoms with Crippen LogP contribution in [0.2, 0.25) is 5.02 Å². The lowest BCUT2D eigenvalue weighted by atomic mass is 9.86. The van der Waals surface area contributed by atoms with Crippen LogP contribution in [0.3, 0.4) is 0 Å². The van der Waals surface area contributed by atoms with E-state index in [-0.39, 0.29) is 16.0 Å². The van der Waals surface area contributed by atoms with Crippen LogP contribution in [0.1, 0.15) is 19.3 Å². The second-order valence-corrected chi connectivity index (χ2v) is 11.5. The number of aliphatic hydroxyl groups excluding tert-OH is 1. The van der Waals surface area contributed by atoms with E-state index < -0.39 is 34.2 Å². The third-order valence-electron chi connectivity index (χ3n) is 6.64. The summed E-state index contributed by atoms with van der Waals surface area (Å²) in [5, 5.41) is 11.2. The minimum atomic E-state index is -4.92. The Morgan fingerprint density at radius 1 is 1.08 bits per heavy atom. The van der Waals surface area contributed by atoms with Crippen molar-refractivity contribution in [3.63, 3.8) is 0 Å². The molecular formula is C26H25ClF3N3O4S. The first kappa shape index (κ1) is 26.6. The number of alkyl halides is 3. The molecule has 202 valence electrons. The third kappa shape index (κ3) is 5.15. The Hall–Kier alpha value is -2.99. The lowest BCUT2D eigenvalue weighted by Crippen LogP contribution is -2.56. The summed E-state index contributed by atoms with van der Waals surface area (Å²) >= 11 is 6.00. The molecule has 0 saturated heterocycles. The van der Waals surface area contributed by atoms with Crippen molar-refractivity contribution >= 4 is 32.9 Å². The highest BCUT2D eigenvalue weighted by molar-refractivity contribution is 7.91. The predicted molar refractivity (Wildman–Crippen MR) is 139 cm³/mol. The molecule has 7 nitrogen and oxygen atoms in total. The summed E-state index contributed by atoms with van der Waals surface area (Å²) in [4.78, 5) is 2.13. The van der Waals surface area contributed by atoms with Gasteiger partial charge < -0.3 is 19.5 Å². The number of hydrogen-bond acceptors (Lipinski definition) is 6. The maximum atomic E-state index is 13.9. The van der Waals surface area contributed by atoms with Crippen LogP contribution in [0, 0.1) is 0 Å². The molecule has 3 aromatic carbocycles. The van der Waals surface area contributed by atoms with E-state index in [1.807, 2.05) is 48.5 Å². The molecule has 2 aliphatic rings. The van der Waals surface area contributed by atoms with E-state index in [0.29, 0.717) is 24.3 Å². The van der Waals surface area contributed by atoms with Gasteiger partial charge >= 0.3 is 6.36 Å². The Labute approximate surface area is 223 Å². The van der Waals surface area contributed by atoms with E-state index in [4.69, 9.17) is 16.3 Å². The molecule has 4 atom stereocenters. The van der Waals surface area contributed by atoms with Crippen LogP contribution in [-0.4, -0.2) is 40.9 Å². The number of anilines is 2. The maximum Gasteiger partial charge on any atom is 0.573 e. The summed E-state index contributed by atoms with van der Waals surface area (Å²) in [7, 11) is -2.01. The monoisotopic (exact) mass is 567 g/mol. The van der Waals surface area contributed by atoms with E-state index in [9.17, 15) is 22.5 Å². The molecule has 5 rings (SSSR count). The van der Waals surface area contributed by atoms with E-state index in [2.05, 4.69) is 18.7 Å². The van der Waals surface area contributed by atoms with Crippen molar-refractivity contribution in [1.82, 2.24) is 4.72 Å².